The number of carbonyl (C=O) groups is 1. The number of para-hydroxylation sites is 1. The molecule has 34 heavy (non-hydrogen) atoms. The third-order valence-corrected chi connectivity index (χ3v) is 6.15. The number of aryl methyl sites for hydroxylation is 1. The topological polar surface area (TPSA) is 119 Å². The average Bonchev–Trinajstić information content (AvgIpc) is 2.81. The number of nitro benzene ring substituents is 1. The Hall–Kier alpha value is -3.92. The van der Waals surface area contributed by atoms with Crippen LogP contribution in [0.1, 0.15) is 21.5 Å². The standard InChI is InChI=1S/C24H25N3O6S/c1-18-6-3-4-9-23(18)33-15-14-25-24(28)20-12-10-19(11-13-20)17-26(34(2,31)32)21-7-5-8-22(16-21)27(29)30/h3-13,16H,14-15,17H2,1-2H3,(H,25,28). The maximum absolute atomic E-state index is 12.4. The fourth-order valence-electron chi connectivity index (χ4n) is 3.24. The molecule has 9 nitrogen and oxygen atoms in total. The summed E-state index contributed by atoms with van der Waals surface area (Å²) in [4.78, 5) is 22.9. The lowest BCUT2D eigenvalue weighted by Gasteiger charge is -2.22. The Morgan fingerprint density at radius 1 is 1.06 bits per heavy atom. The van der Waals surface area contributed by atoms with Crippen LogP contribution in [0.15, 0.2) is 72.8 Å². The van der Waals surface area contributed by atoms with Gasteiger partial charge in [0.1, 0.15) is 12.4 Å². The summed E-state index contributed by atoms with van der Waals surface area (Å²) in [6, 6.07) is 19.5. The van der Waals surface area contributed by atoms with Gasteiger partial charge < -0.3 is 10.1 Å². The first-order valence-electron chi connectivity index (χ1n) is 10.4. The van der Waals surface area contributed by atoms with Crippen molar-refractivity contribution in [3.05, 3.63) is 99.6 Å². The molecular formula is C24H25N3O6S. The zero-order valence-corrected chi connectivity index (χ0v) is 19.6. The Bertz CT molecular complexity index is 1280. The molecule has 1 N–H and O–H groups in total. The monoisotopic (exact) mass is 483 g/mol. The summed E-state index contributed by atoms with van der Waals surface area (Å²) in [5.41, 5.74) is 2.03. The molecule has 3 aromatic rings. The number of ether oxygens (including phenoxy) is 1. The van der Waals surface area contributed by atoms with Gasteiger partial charge in [0, 0.05) is 17.7 Å². The molecule has 10 heteroatoms. The van der Waals surface area contributed by atoms with Crippen LogP contribution in [0.5, 0.6) is 5.75 Å². The maximum atomic E-state index is 12.4. The molecule has 0 aliphatic heterocycles. The molecule has 3 aromatic carbocycles. The van der Waals surface area contributed by atoms with E-state index in [1.807, 2.05) is 31.2 Å². The minimum absolute atomic E-state index is 0.0355. The number of benzene rings is 3. The molecule has 0 saturated carbocycles. The number of amides is 1. The second kappa shape index (κ2) is 10.8. The van der Waals surface area contributed by atoms with Crippen LogP contribution in [0.4, 0.5) is 11.4 Å². The molecule has 178 valence electrons. The molecule has 0 atom stereocenters. The molecule has 0 heterocycles. The summed E-state index contributed by atoms with van der Waals surface area (Å²) in [6.07, 6.45) is 1.03. The van der Waals surface area contributed by atoms with Crippen molar-refractivity contribution in [1.82, 2.24) is 5.32 Å². The fourth-order valence-corrected chi connectivity index (χ4v) is 4.12. The zero-order chi connectivity index (χ0) is 24.7. The van der Waals surface area contributed by atoms with Crippen molar-refractivity contribution in [1.29, 1.82) is 0 Å². The largest absolute Gasteiger partial charge is 0.491 e. The van der Waals surface area contributed by atoms with Crippen molar-refractivity contribution in [2.45, 2.75) is 13.5 Å². The zero-order valence-electron chi connectivity index (χ0n) is 18.8. The molecule has 3 rings (SSSR count). The smallest absolute Gasteiger partial charge is 0.271 e. The third-order valence-electron chi connectivity index (χ3n) is 5.01. The lowest BCUT2D eigenvalue weighted by molar-refractivity contribution is -0.384. The highest BCUT2D eigenvalue weighted by Gasteiger charge is 2.20. The lowest BCUT2D eigenvalue weighted by Crippen LogP contribution is -2.29. The first-order valence-corrected chi connectivity index (χ1v) is 12.3. The van der Waals surface area contributed by atoms with E-state index < -0.39 is 14.9 Å². The van der Waals surface area contributed by atoms with Crippen molar-refractivity contribution in [3.63, 3.8) is 0 Å². The molecule has 0 aromatic heterocycles. The summed E-state index contributed by atoms with van der Waals surface area (Å²) >= 11 is 0. The van der Waals surface area contributed by atoms with Crippen molar-refractivity contribution in [2.24, 2.45) is 0 Å². The van der Waals surface area contributed by atoms with Gasteiger partial charge in [-0.15, -0.1) is 0 Å². The van der Waals surface area contributed by atoms with Crippen LogP contribution in [0, 0.1) is 17.0 Å². The fraction of sp³-hybridized carbons (Fsp3) is 0.208. The maximum Gasteiger partial charge on any atom is 0.271 e. The Labute approximate surface area is 198 Å². The second-order valence-electron chi connectivity index (χ2n) is 7.61. The number of rotatable bonds is 10. The number of hydrogen-bond acceptors (Lipinski definition) is 6. The molecule has 0 unspecified atom stereocenters. The molecule has 0 aliphatic carbocycles. The van der Waals surface area contributed by atoms with Gasteiger partial charge >= 0.3 is 0 Å². The molecule has 0 fully saturated rings. The number of nitrogens with one attached hydrogen (secondary N) is 1. The highest BCUT2D eigenvalue weighted by Crippen LogP contribution is 2.25. The SMILES string of the molecule is Cc1ccccc1OCCNC(=O)c1ccc(CN(c2cccc([N+](=O)[O-])c2)S(C)(=O)=O)cc1. The summed E-state index contributed by atoms with van der Waals surface area (Å²) in [5.74, 6) is 0.485. The van der Waals surface area contributed by atoms with Gasteiger partial charge in [0.25, 0.3) is 11.6 Å². The summed E-state index contributed by atoms with van der Waals surface area (Å²) in [5, 5.41) is 13.8. The number of sulfonamides is 1. The summed E-state index contributed by atoms with van der Waals surface area (Å²) < 4.78 is 31.4. The van der Waals surface area contributed by atoms with Crippen LogP contribution in [-0.2, 0) is 16.6 Å². The lowest BCUT2D eigenvalue weighted by atomic mass is 10.1. The minimum Gasteiger partial charge on any atom is -0.491 e. The number of hydrogen-bond donors (Lipinski definition) is 1. The van der Waals surface area contributed by atoms with E-state index in [0.717, 1.165) is 21.9 Å². The Morgan fingerprint density at radius 2 is 1.76 bits per heavy atom. The first-order chi connectivity index (χ1) is 16.1. The predicted octanol–water partition coefficient (Wildman–Crippen LogP) is 3.68. The van der Waals surface area contributed by atoms with E-state index in [1.165, 1.54) is 24.3 Å². The number of nitro groups is 1. The minimum atomic E-state index is -3.71. The van der Waals surface area contributed by atoms with Gasteiger partial charge in [0.15, 0.2) is 0 Å². The predicted molar refractivity (Wildman–Crippen MR) is 130 cm³/mol. The normalized spacial score (nSPS) is 11.0. The molecule has 0 spiro atoms. The van der Waals surface area contributed by atoms with Gasteiger partial charge in [-0.3, -0.25) is 19.2 Å². The molecular weight excluding hydrogens is 458 g/mol. The highest BCUT2D eigenvalue weighted by atomic mass is 32.2. The quantitative estimate of drug-likeness (QED) is 0.267. The average molecular weight is 484 g/mol. The van der Waals surface area contributed by atoms with Gasteiger partial charge in [-0.05, 0) is 42.3 Å². The molecule has 0 bridgehead atoms. The summed E-state index contributed by atoms with van der Waals surface area (Å²) in [7, 11) is -3.71. The Kier molecular flexibility index (Phi) is 7.85. The number of non-ortho nitro benzene ring substituents is 1. The Morgan fingerprint density at radius 3 is 2.41 bits per heavy atom. The van der Waals surface area contributed by atoms with Crippen molar-refractivity contribution < 1.29 is 22.9 Å². The van der Waals surface area contributed by atoms with Crippen LogP contribution in [0.25, 0.3) is 0 Å². The van der Waals surface area contributed by atoms with Crippen LogP contribution >= 0.6 is 0 Å². The van der Waals surface area contributed by atoms with Gasteiger partial charge in [-0.2, -0.15) is 0 Å². The van der Waals surface area contributed by atoms with E-state index in [-0.39, 0.29) is 23.8 Å². The van der Waals surface area contributed by atoms with Crippen molar-refractivity contribution >= 4 is 27.3 Å². The second-order valence-corrected chi connectivity index (χ2v) is 9.52. The van der Waals surface area contributed by atoms with E-state index in [4.69, 9.17) is 4.74 Å². The molecule has 0 aliphatic rings. The third kappa shape index (κ3) is 6.55. The van der Waals surface area contributed by atoms with Crippen molar-refractivity contribution in [2.75, 3.05) is 23.7 Å². The van der Waals surface area contributed by atoms with E-state index in [1.54, 1.807) is 24.3 Å². The molecule has 1 amide bonds. The highest BCUT2D eigenvalue weighted by molar-refractivity contribution is 7.92. The molecule has 0 saturated heterocycles. The van der Waals surface area contributed by atoms with E-state index >= 15 is 0 Å². The van der Waals surface area contributed by atoms with Crippen LogP contribution < -0.4 is 14.4 Å². The van der Waals surface area contributed by atoms with E-state index in [0.29, 0.717) is 24.3 Å². The Balaban J connectivity index is 1.62. The van der Waals surface area contributed by atoms with E-state index in [2.05, 4.69) is 5.32 Å². The van der Waals surface area contributed by atoms with Crippen LogP contribution in [0.2, 0.25) is 0 Å². The first kappa shape index (κ1) is 24.7. The van der Waals surface area contributed by atoms with Crippen LogP contribution in [0.3, 0.4) is 0 Å². The number of anilines is 1. The number of carbonyl (C=O) groups excluding carboxylic acids is 1. The van der Waals surface area contributed by atoms with Gasteiger partial charge in [-0.25, -0.2) is 8.42 Å². The molecule has 0 radical (unpaired) electrons. The van der Waals surface area contributed by atoms with Gasteiger partial charge in [-0.1, -0.05) is 36.4 Å². The summed E-state index contributed by atoms with van der Waals surface area (Å²) in [6.45, 7) is 2.55. The van der Waals surface area contributed by atoms with Crippen LogP contribution in [-0.4, -0.2) is 38.7 Å². The van der Waals surface area contributed by atoms with Gasteiger partial charge in [0.2, 0.25) is 10.0 Å². The van der Waals surface area contributed by atoms with E-state index in [9.17, 15) is 23.3 Å². The number of nitrogens with zero attached hydrogens (tertiary/aromatic N) is 2. The van der Waals surface area contributed by atoms with Crippen molar-refractivity contribution in [3.8, 4) is 5.75 Å². The van der Waals surface area contributed by atoms with Gasteiger partial charge in [0.05, 0.1) is 30.0 Å².